The van der Waals surface area contributed by atoms with E-state index in [0.29, 0.717) is 0 Å². The zero-order valence-electron chi connectivity index (χ0n) is 9.48. The molecule has 0 amide bonds. The monoisotopic (exact) mass is 294 g/mol. The number of benzene rings is 2. The maximum absolute atomic E-state index is 3.65. The fourth-order valence-corrected chi connectivity index (χ4v) is 5.31. The predicted octanol–water partition coefficient (Wildman–Crippen LogP) is 4.93. The molecule has 2 heteroatoms. The van der Waals surface area contributed by atoms with Crippen LogP contribution in [0.25, 0.3) is 0 Å². The van der Waals surface area contributed by atoms with Gasteiger partial charge in [0, 0.05) is 9.37 Å². The summed E-state index contributed by atoms with van der Waals surface area (Å²) in [6.45, 7) is 0. The van der Waals surface area contributed by atoms with E-state index in [1.807, 2.05) is 0 Å². The molecule has 0 saturated carbocycles. The van der Waals surface area contributed by atoms with Gasteiger partial charge in [0.2, 0.25) is 0 Å². The van der Waals surface area contributed by atoms with E-state index in [1.165, 1.54) is 14.3 Å². The van der Waals surface area contributed by atoms with Gasteiger partial charge in [0.05, 0.1) is 0 Å². The van der Waals surface area contributed by atoms with Gasteiger partial charge in [0.1, 0.15) is 0 Å². The van der Waals surface area contributed by atoms with Crippen LogP contribution in [-0.2, 0) is 0 Å². The van der Waals surface area contributed by atoms with Crippen LogP contribution >= 0.6 is 26.0 Å². The van der Waals surface area contributed by atoms with Crippen molar-refractivity contribution in [1.82, 2.24) is 0 Å². The summed E-state index contributed by atoms with van der Waals surface area (Å²) in [4.78, 5) is 2.82. The molecule has 0 N–H and O–H groups in total. The summed E-state index contributed by atoms with van der Waals surface area (Å²) < 4.78 is 1.21. The Morgan fingerprint density at radius 2 is 1.38 bits per heavy atom. The van der Waals surface area contributed by atoms with Gasteiger partial charge >= 0.3 is 0 Å². The summed E-state index contributed by atoms with van der Waals surface area (Å²) >= 11 is 3.65. The average molecular weight is 295 g/mol. The Balaban J connectivity index is 2.51. The second-order valence-corrected chi connectivity index (χ2v) is 8.49. The van der Waals surface area contributed by atoms with Gasteiger partial charge in [0.25, 0.3) is 0 Å². The topological polar surface area (TPSA) is 0 Å². The maximum Gasteiger partial charge on any atom is 0.0299 e. The lowest BCUT2D eigenvalue weighted by Crippen LogP contribution is -1.98. The van der Waals surface area contributed by atoms with E-state index in [1.54, 1.807) is 0 Å². The highest BCUT2D eigenvalue weighted by Crippen LogP contribution is 2.58. The molecule has 0 nitrogen and oxygen atoms in total. The largest absolute Gasteiger partial charge is 0.193 e. The highest BCUT2D eigenvalue weighted by atomic mass is 79.9. The standard InChI is InChI=1S/C14H15BrS/c1-16(2,12-8-4-3-5-9-12)14-11-7-6-10-13(14)15/h3-11H,1-2H3. The first kappa shape index (κ1) is 11.7. The molecule has 0 heterocycles. The molecule has 0 bridgehead atoms. The van der Waals surface area contributed by atoms with Gasteiger partial charge in [-0.25, -0.2) is 0 Å². The summed E-state index contributed by atoms with van der Waals surface area (Å²) in [5.74, 6) is 0. The molecule has 2 rings (SSSR count). The van der Waals surface area contributed by atoms with E-state index in [0.717, 1.165) is 0 Å². The number of hydrogen-bond acceptors (Lipinski definition) is 0. The van der Waals surface area contributed by atoms with E-state index in [-0.39, 0.29) is 0 Å². The van der Waals surface area contributed by atoms with Gasteiger partial charge < -0.3 is 0 Å². The molecular formula is C14H15BrS. The fraction of sp³-hybridized carbons (Fsp3) is 0.143. The first-order chi connectivity index (χ1) is 7.62. The first-order valence-corrected chi connectivity index (χ1v) is 8.39. The summed E-state index contributed by atoms with van der Waals surface area (Å²) in [7, 11) is -0.917. The minimum Gasteiger partial charge on any atom is -0.193 e. The van der Waals surface area contributed by atoms with Crippen molar-refractivity contribution in [3.63, 3.8) is 0 Å². The molecule has 0 saturated heterocycles. The Bertz CT molecular complexity index is 477. The van der Waals surface area contributed by atoms with E-state index in [2.05, 4.69) is 83.0 Å². The molecule has 0 atom stereocenters. The number of halogens is 1. The molecule has 0 aliphatic carbocycles. The van der Waals surface area contributed by atoms with E-state index in [4.69, 9.17) is 0 Å². The zero-order chi connectivity index (χ0) is 11.6. The quantitative estimate of drug-likeness (QED) is 0.737. The first-order valence-electron chi connectivity index (χ1n) is 5.15. The Morgan fingerprint density at radius 3 is 2.00 bits per heavy atom. The van der Waals surface area contributed by atoms with Gasteiger partial charge in [-0.2, -0.15) is 10.0 Å². The van der Waals surface area contributed by atoms with Crippen molar-refractivity contribution in [2.24, 2.45) is 0 Å². The molecule has 0 unspecified atom stereocenters. The molecule has 0 aliphatic rings. The van der Waals surface area contributed by atoms with Crippen LogP contribution in [0.15, 0.2) is 68.9 Å². The molecule has 0 radical (unpaired) electrons. The van der Waals surface area contributed by atoms with Gasteiger partial charge in [-0.1, -0.05) is 30.3 Å². The maximum atomic E-state index is 3.65. The smallest absolute Gasteiger partial charge is 0.0299 e. The summed E-state index contributed by atoms with van der Waals surface area (Å²) in [5.41, 5.74) is 0. The lowest BCUT2D eigenvalue weighted by atomic mass is 10.4. The van der Waals surface area contributed by atoms with Crippen molar-refractivity contribution in [3.05, 3.63) is 59.1 Å². The summed E-state index contributed by atoms with van der Waals surface area (Å²) in [6, 6.07) is 19.2. The van der Waals surface area contributed by atoms with Crippen LogP contribution in [0.4, 0.5) is 0 Å². The second kappa shape index (κ2) is 4.64. The Kier molecular flexibility index (Phi) is 3.41. The molecule has 0 aromatic heterocycles. The van der Waals surface area contributed by atoms with Crippen molar-refractivity contribution in [3.8, 4) is 0 Å². The summed E-state index contributed by atoms with van der Waals surface area (Å²) in [5, 5.41) is 0. The van der Waals surface area contributed by atoms with Gasteiger partial charge in [0.15, 0.2) is 0 Å². The Labute approximate surface area is 107 Å². The van der Waals surface area contributed by atoms with Crippen LogP contribution < -0.4 is 0 Å². The Hall–Kier alpha value is -0.730. The average Bonchev–Trinajstić information content (AvgIpc) is 2.30. The lowest BCUT2D eigenvalue weighted by molar-refractivity contribution is 1.33. The third kappa shape index (κ3) is 2.18. The van der Waals surface area contributed by atoms with Gasteiger partial charge in [-0.3, -0.25) is 0 Å². The van der Waals surface area contributed by atoms with Crippen LogP contribution in [0.1, 0.15) is 0 Å². The number of hydrogen-bond donors (Lipinski definition) is 0. The number of rotatable bonds is 2. The zero-order valence-corrected chi connectivity index (χ0v) is 11.9. The molecular weight excluding hydrogens is 280 g/mol. The molecule has 16 heavy (non-hydrogen) atoms. The van der Waals surface area contributed by atoms with Crippen LogP contribution in [0.3, 0.4) is 0 Å². The third-order valence-corrected chi connectivity index (χ3v) is 6.58. The lowest BCUT2D eigenvalue weighted by Gasteiger charge is -2.33. The van der Waals surface area contributed by atoms with Crippen LogP contribution in [0.5, 0.6) is 0 Å². The van der Waals surface area contributed by atoms with E-state index < -0.39 is 10.0 Å². The van der Waals surface area contributed by atoms with Crippen molar-refractivity contribution < 1.29 is 0 Å². The highest BCUT2D eigenvalue weighted by molar-refractivity contribution is 9.10. The third-order valence-electron chi connectivity index (χ3n) is 2.72. The molecule has 0 fully saturated rings. The molecule has 0 aliphatic heterocycles. The SMILES string of the molecule is CS(C)(c1ccccc1)c1ccccc1Br. The summed E-state index contributed by atoms with van der Waals surface area (Å²) in [6.07, 6.45) is 4.67. The van der Waals surface area contributed by atoms with Gasteiger partial charge in [-0.05, 0) is 57.6 Å². The molecule has 0 spiro atoms. The molecule has 2 aromatic carbocycles. The van der Waals surface area contributed by atoms with Crippen LogP contribution in [0.2, 0.25) is 0 Å². The Morgan fingerprint density at radius 1 is 0.812 bits per heavy atom. The normalized spacial score (nSPS) is 12.4. The van der Waals surface area contributed by atoms with Gasteiger partial charge in [-0.15, -0.1) is 0 Å². The van der Waals surface area contributed by atoms with Crippen LogP contribution in [-0.4, -0.2) is 12.5 Å². The van der Waals surface area contributed by atoms with E-state index in [9.17, 15) is 0 Å². The van der Waals surface area contributed by atoms with Crippen molar-refractivity contribution in [2.75, 3.05) is 12.5 Å². The minimum absolute atomic E-state index is 0.917. The molecule has 2 aromatic rings. The van der Waals surface area contributed by atoms with E-state index >= 15 is 0 Å². The van der Waals surface area contributed by atoms with Crippen molar-refractivity contribution in [1.29, 1.82) is 0 Å². The highest BCUT2D eigenvalue weighted by Gasteiger charge is 2.19. The molecule has 84 valence electrons. The fourth-order valence-electron chi connectivity index (χ4n) is 1.75. The predicted molar refractivity (Wildman–Crippen MR) is 76.6 cm³/mol. The van der Waals surface area contributed by atoms with Crippen molar-refractivity contribution in [2.45, 2.75) is 9.79 Å². The van der Waals surface area contributed by atoms with Crippen molar-refractivity contribution >= 4 is 26.0 Å². The second-order valence-electron chi connectivity index (χ2n) is 4.07. The minimum atomic E-state index is -0.917. The van der Waals surface area contributed by atoms with Crippen LogP contribution in [0, 0.1) is 0 Å².